The average molecular weight is 308 g/mol. The standard InChI is InChI=1S/C11H12N6OS2/c1-3-8-16-17-9(18)4-7(13-11(17)20-8)5-19-10-12-6(2)14-15-10/h4H,3,5H2,1-2H3,(H,12,14,15). The molecule has 3 aromatic heterocycles. The van der Waals surface area contributed by atoms with Crippen LogP contribution in [0.4, 0.5) is 0 Å². The van der Waals surface area contributed by atoms with Crippen molar-refractivity contribution in [3.05, 3.63) is 32.9 Å². The van der Waals surface area contributed by atoms with Crippen molar-refractivity contribution in [2.75, 3.05) is 0 Å². The molecule has 104 valence electrons. The summed E-state index contributed by atoms with van der Waals surface area (Å²) >= 11 is 2.89. The predicted octanol–water partition coefficient (Wildman–Crippen LogP) is 1.43. The van der Waals surface area contributed by atoms with Gasteiger partial charge in [0.25, 0.3) is 5.56 Å². The maximum atomic E-state index is 12.0. The van der Waals surface area contributed by atoms with Gasteiger partial charge in [0.2, 0.25) is 10.1 Å². The normalized spacial score (nSPS) is 11.3. The fraction of sp³-hybridized carbons (Fsp3) is 0.364. The van der Waals surface area contributed by atoms with Crippen molar-refractivity contribution in [1.29, 1.82) is 0 Å². The molecule has 0 unspecified atom stereocenters. The molecular weight excluding hydrogens is 296 g/mol. The molecule has 0 saturated heterocycles. The Kier molecular flexibility index (Phi) is 3.53. The second-order valence-electron chi connectivity index (χ2n) is 4.12. The molecule has 0 aliphatic heterocycles. The lowest BCUT2D eigenvalue weighted by Crippen LogP contribution is -2.15. The number of nitrogens with one attached hydrogen (secondary N) is 1. The molecule has 0 aliphatic carbocycles. The molecule has 0 saturated carbocycles. The summed E-state index contributed by atoms with van der Waals surface area (Å²) in [6, 6.07) is 1.51. The van der Waals surface area contributed by atoms with Gasteiger partial charge >= 0.3 is 0 Å². The number of fused-ring (bicyclic) bond motifs is 1. The average Bonchev–Trinajstić information content (AvgIpc) is 3.02. The zero-order chi connectivity index (χ0) is 14.1. The molecule has 0 bridgehead atoms. The van der Waals surface area contributed by atoms with Gasteiger partial charge in [0.1, 0.15) is 10.8 Å². The third-order valence-corrected chi connectivity index (χ3v) is 4.50. The molecule has 3 heterocycles. The number of aromatic nitrogens is 6. The van der Waals surface area contributed by atoms with Crippen LogP contribution in [0.5, 0.6) is 0 Å². The summed E-state index contributed by atoms with van der Waals surface area (Å²) in [4.78, 5) is 21.3. The summed E-state index contributed by atoms with van der Waals surface area (Å²) in [5.41, 5.74) is 0.571. The Labute approximate surface area is 122 Å². The maximum Gasteiger partial charge on any atom is 0.275 e. The van der Waals surface area contributed by atoms with Gasteiger partial charge in [-0.2, -0.15) is 9.61 Å². The van der Waals surface area contributed by atoms with Crippen molar-refractivity contribution in [3.8, 4) is 0 Å². The third-order valence-electron chi connectivity index (χ3n) is 2.57. The fourth-order valence-corrected chi connectivity index (χ4v) is 3.23. The van der Waals surface area contributed by atoms with Crippen molar-refractivity contribution >= 4 is 28.1 Å². The number of H-pyrrole nitrogens is 1. The summed E-state index contributed by atoms with van der Waals surface area (Å²) in [7, 11) is 0. The van der Waals surface area contributed by atoms with Gasteiger partial charge in [-0.05, 0) is 13.3 Å². The molecule has 7 nitrogen and oxygen atoms in total. The second-order valence-corrected chi connectivity index (χ2v) is 6.10. The van der Waals surface area contributed by atoms with Crippen LogP contribution in [0.15, 0.2) is 16.0 Å². The van der Waals surface area contributed by atoms with Crippen molar-refractivity contribution in [2.24, 2.45) is 0 Å². The van der Waals surface area contributed by atoms with Gasteiger partial charge in [-0.25, -0.2) is 9.97 Å². The molecule has 1 N–H and O–H groups in total. The zero-order valence-electron chi connectivity index (χ0n) is 11.0. The number of thioether (sulfide) groups is 1. The van der Waals surface area contributed by atoms with E-state index in [1.165, 1.54) is 33.7 Å². The number of rotatable bonds is 4. The van der Waals surface area contributed by atoms with Crippen LogP contribution in [0, 0.1) is 6.92 Å². The van der Waals surface area contributed by atoms with Gasteiger partial charge in [0, 0.05) is 11.8 Å². The highest BCUT2D eigenvalue weighted by Gasteiger charge is 2.09. The quantitative estimate of drug-likeness (QED) is 0.734. The smallest absolute Gasteiger partial charge is 0.267 e. The topological polar surface area (TPSA) is 88.8 Å². The molecule has 0 aromatic carbocycles. The van der Waals surface area contributed by atoms with E-state index in [1.807, 2.05) is 13.8 Å². The third kappa shape index (κ3) is 2.59. The molecule has 0 radical (unpaired) electrons. The first-order valence-corrected chi connectivity index (χ1v) is 7.86. The molecule has 0 amide bonds. The SMILES string of the molecule is CCc1nn2c(=O)cc(CSc3n[nH]c(C)n3)nc2s1. The van der Waals surface area contributed by atoms with Crippen LogP contribution in [0.1, 0.15) is 23.4 Å². The lowest BCUT2D eigenvalue weighted by molar-refractivity contribution is 0.852. The minimum absolute atomic E-state index is 0.146. The molecule has 0 aliphatic rings. The van der Waals surface area contributed by atoms with Crippen LogP contribution in [0.2, 0.25) is 0 Å². The molecular formula is C11H12N6OS2. The van der Waals surface area contributed by atoms with E-state index in [2.05, 4.69) is 25.3 Å². The first-order valence-electron chi connectivity index (χ1n) is 6.06. The van der Waals surface area contributed by atoms with Gasteiger partial charge in [-0.15, -0.1) is 5.10 Å². The Balaban J connectivity index is 1.86. The minimum Gasteiger partial charge on any atom is -0.267 e. The number of nitrogens with zero attached hydrogens (tertiary/aromatic N) is 5. The van der Waals surface area contributed by atoms with E-state index in [-0.39, 0.29) is 5.56 Å². The number of hydrogen-bond acceptors (Lipinski definition) is 7. The van der Waals surface area contributed by atoms with Gasteiger partial charge in [0.15, 0.2) is 0 Å². The Morgan fingerprint density at radius 2 is 2.30 bits per heavy atom. The van der Waals surface area contributed by atoms with E-state index in [9.17, 15) is 4.79 Å². The summed E-state index contributed by atoms with van der Waals surface area (Å²) in [6.45, 7) is 3.85. The lowest BCUT2D eigenvalue weighted by atomic mass is 10.4. The van der Waals surface area contributed by atoms with E-state index < -0.39 is 0 Å². The van der Waals surface area contributed by atoms with E-state index >= 15 is 0 Å². The van der Waals surface area contributed by atoms with Crippen LogP contribution in [0.25, 0.3) is 4.96 Å². The van der Waals surface area contributed by atoms with Crippen LogP contribution < -0.4 is 5.56 Å². The maximum absolute atomic E-state index is 12.0. The fourth-order valence-electron chi connectivity index (χ4n) is 1.64. The monoisotopic (exact) mass is 308 g/mol. The molecule has 3 aromatic rings. The molecule has 20 heavy (non-hydrogen) atoms. The van der Waals surface area contributed by atoms with Crippen LogP contribution in [-0.2, 0) is 12.2 Å². The van der Waals surface area contributed by atoms with Gasteiger partial charge in [0.05, 0.1) is 5.69 Å². The van der Waals surface area contributed by atoms with Gasteiger partial charge in [-0.1, -0.05) is 30.0 Å². The first-order chi connectivity index (χ1) is 9.65. The van der Waals surface area contributed by atoms with E-state index in [4.69, 9.17) is 0 Å². The predicted molar refractivity (Wildman–Crippen MR) is 77.2 cm³/mol. The molecule has 9 heteroatoms. The number of aryl methyl sites for hydroxylation is 2. The minimum atomic E-state index is -0.146. The zero-order valence-corrected chi connectivity index (χ0v) is 12.6. The summed E-state index contributed by atoms with van der Waals surface area (Å²) in [5, 5.41) is 12.6. The van der Waals surface area contributed by atoms with E-state index in [0.29, 0.717) is 21.6 Å². The van der Waals surface area contributed by atoms with Crippen molar-refractivity contribution < 1.29 is 0 Å². The Bertz CT molecular complexity index is 805. The highest BCUT2D eigenvalue weighted by molar-refractivity contribution is 7.98. The van der Waals surface area contributed by atoms with Gasteiger partial charge < -0.3 is 0 Å². The lowest BCUT2D eigenvalue weighted by Gasteiger charge is -1.97. The van der Waals surface area contributed by atoms with Crippen LogP contribution in [0.3, 0.4) is 0 Å². The summed E-state index contributed by atoms with van der Waals surface area (Å²) in [5.74, 6) is 1.33. The van der Waals surface area contributed by atoms with Crippen molar-refractivity contribution in [1.82, 2.24) is 29.8 Å². The summed E-state index contributed by atoms with van der Waals surface area (Å²) in [6.07, 6.45) is 0.800. The highest BCUT2D eigenvalue weighted by Crippen LogP contribution is 2.18. The van der Waals surface area contributed by atoms with Crippen molar-refractivity contribution in [3.63, 3.8) is 0 Å². The van der Waals surface area contributed by atoms with Crippen molar-refractivity contribution in [2.45, 2.75) is 31.2 Å². The van der Waals surface area contributed by atoms with E-state index in [1.54, 1.807) is 0 Å². The number of hydrogen-bond donors (Lipinski definition) is 1. The Morgan fingerprint density at radius 3 is 3.00 bits per heavy atom. The molecule has 0 fully saturated rings. The van der Waals surface area contributed by atoms with Crippen LogP contribution >= 0.6 is 23.1 Å². The number of aromatic amines is 1. The molecule has 0 atom stereocenters. The van der Waals surface area contributed by atoms with E-state index in [0.717, 1.165) is 17.3 Å². The highest BCUT2D eigenvalue weighted by atomic mass is 32.2. The van der Waals surface area contributed by atoms with Gasteiger partial charge in [-0.3, -0.25) is 9.89 Å². The second kappa shape index (κ2) is 5.33. The molecule has 3 rings (SSSR count). The largest absolute Gasteiger partial charge is 0.275 e. The Morgan fingerprint density at radius 1 is 1.45 bits per heavy atom. The molecule has 0 spiro atoms. The Hall–Kier alpha value is -1.74. The summed E-state index contributed by atoms with van der Waals surface area (Å²) < 4.78 is 1.36. The van der Waals surface area contributed by atoms with Crippen LogP contribution in [-0.4, -0.2) is 29.8 Å². The first kappa shape index (κ1) is 13.3.